The van der Waals surface area contributed by atoms with Gasteiger partial charge in [-0.05, 0) is 0 Å². The summed E-state index contributed by atoms with van der Waals surface area (Å²) in [7, 11) is 1.60. The van der Waals surface area contributed by atoms with Crippen LogP contribution in [-0.4, -0.2) is 71.5 Å². The van der Waals surface area contributed by atoms with Crippen molar-refractivity contribution < 1.29 is 58.6 Å². The molecule has 9 atom stereocenters. The van der Waals surface area contributed by atoms with Gasteiger partial charge in [0.1, 0.15) is 0 Å². The molecular formula is C26H46FINO7-. The molecule has 1 heterocycles. The predicted octanol–water partition coefficient (Wildman–Crippen LogP) is 0.715. The average molecular weight is 631 g/mol. The van der Waals surface area contributed by atoms with Gasteiger partial charge in [-0.3, -0.25) is 0 Å². The van der Waals surface area contributed by atoms with E-state index in [-0.39, 0.29) is 30.6 Å². The Balaban J connectivity index is 3.58. The number of hydrogen-bond acceptors (Lipinski definition) is 8. The summed E-state index contributed by atoms with van der Waals surface area (Å²) in [6.45, 7) is 13.9. The monoisotopic (exact) mass is 630 g/mol. The normalized spacial score (nSPS) is 40.8. The van der Waals surface area contributed by atoms with E-state index in [4.69, 9.17) is 15.7 Å². The van der Waals surface area contributed by atoms with Gasteiger partial charge < -0.3 is 0 Å². The van der Waals surface area contributed by atoms with Crippen molar-refractivity contribution in [2.75, 3.05) is 20.4 Å². The summed E-state index contributed by atoms with van der Waals surface area (Å²) in [6, 6.07) is 0. The number of carbonyl (C=O) groups is 2. The van der Waals surface area contributed by atoms with Crippen LogP contribution in [0, 0.1) is 29.6 Å². The van der Waals surface area contributed by atoms with Crippen molar-refractivity contribution in [1.29, 1.82) is 0 Å². The molecule has 1 aliphatic heterocycles. The van der Waals surface area contributed by atoms with E-state index in [2.05, 4.69) is 0 Å². The first kappa shape index (κ1) is 33.3. The first-order valence-corrected chi connectivity index (χ1v) is 14.6. The average Bonchev–Trinajstić information content (AvgIpc) is 2.85. The van der Waals surface area contributed by atoms with E-state index in [1.165, 1.54) is 13.8 Å². The fraction of sp³-hybridized carbons (Fsp3) is 0.885. The molecular weight excluding hydrogens is 584 g/mol. The van der Waals surface area contributed by atoms with Crippen LogP contribution in [0.1, 0.15) is 74.7 Å². The Kier molecular flexibility index (Phi) is 13.4. The van der Waals surface area contributed by atoms with Crippen molar-refractivity contribution in [2.45, 2.75) is 98.1 Å². The van der Waals surface area contributed by atoms with E-state index in [1.807, 2.05) is 20.8 Å². The number of cyclic esters (lactones) is 1. The van der Waals surface area contributed by atoms with Crippen molar-refractivity contribution in [2.24, 2.45) is 32.8 Å². The van der Waals surface area contributed by atoms with Crippen LogP contribution in [0.3, 0.4) is 0 Å². The van der Waals surface area contributed by atoms with Gasteiger partial charge in [0.25, 0.3) is 0 Å². The first-order valence-electron chi connectivity index (χ1n) is 12.8. The molecule has 1 fully saturated rings. The van der Waals surface area contributed by atoms with Crippen LogP contribution in [0.2, 0.25) is 0 Å². The fourth-order valence-corrected chi connectivity index (χ4v) is 6.78. The number of esters is 1. The van der Waals surface area contributed by atoms with Crippen LogP contribution in [0.4, 0.5) is 4.39 Å². The van der Waals surface area contributed by atoms with Crippen LogP contribution in [0.15, 0.2) is 3.21 Å². The van der Waals surface area contributed by atoms with Crippen LogP contribution >= 0.6 is 0 Å². The molecule has 0 unspecified atom stereocenters. The number of rotatable bonds is 7. The standard InChI is InChI=1S/C26H46FINO7/c1-10-20-26(8,33)23(31)17(4)21(29-28-35-13-11-12-27)15(2)14-25(7,34-9)19(6)16(3)22(30)18(5)24(32)36-20/h15-20,23,31,33H,10-14H2,1-9H3/q-1/b29-21+/t15-,16-,17+,18-,19-,20-,23-,25-,26-/m1/s1. The second-order valence-electron chi connectivity index (χ2n) is 10.6. The third kappa shape index (κ3) is 7.91. The Morgan fingerprint density at radius 3 is 2.31 bits per heavy atom. The van der Waals surface area contributed by atoms with Gasteiger partial charge in [-0.25, -0.2) is 0 Å². The molecule has 212 valence electrons. The zero-order valence-corrected chi connectivity index (χ0v) is 25.4. The number of methoxy groups -OCH3 is 1. The van der Waals surface area contributed by atoms with Gasteiger partial charge in [0.05, 0.1) is 0 Å². The molecule has 0 aromatic heterocycles. The number of carbonyl (C=O) groups excluding carboxylic acids is 2. The fourth-order valence-electron chi connectivity index (χ4n) is 4.99. The molecule has 36 heavy (non-hydrogen) atoms. The number of hydrogen-bond donors (Lipinski definition) is 2. The van der Waals surface area contributed by atoms with Crippen LogP contribution in [0.5, 0.6) is 0 Å². The van der Waals surface area contributed by atoms with E-state index in [1.54, 1.807) is 27.9 Å². The van der Waals surface area contributed by atoms with E-state index in [0.29, 0.717) is 18.6 Å². The molecule has 1 saturated heterocycles. The van der Waals surface area contributed by atoms with E-state index in [9.17, 15) is 24.2 Å². The van der Waals surface area contributed by atoms with Crippen molar-refractivity contribution in [1.82, 2.24) is 0 Å². The molecule has 0 spiro atoms. The number of aliphatic hydroxyl groups is 2. The topological polar surface area (TPSA) is 115 Å². The van der Waals surface area contributed by atoms with Crippen LogP contribution in [0.25, 0.3) is 0 Å². The van der Waals surface area contributed by atoms with Crippen LogP contribution < -0.4 is 21.9 Å². The number of halogens is 2. The number of Topliss-reactive ketones (excluding diaryl/α,β-unsaturated/α-hetero) is 1. The number of ether oxygens (including phenoxy) is 2. The zero-order chi connectivity index (χ0) is 27.8. The summed E-state index contributed by atoms with van der Waals surface area (Å²) >= 11 is -1.12. The second kappa shape index (κ2) is 14.5. The summed E-state index contributed by atoms with van der Waals surface area (Å²) < 4.78 is 34.3. The Morgan fingerprint density at radius 2 is 1.78 bits per heavy atom. The second-order valence-corrected chi connectivity index (χ2v) is 12.0. The number of alkyl halides is 1. The molecule has 0 bridgehead atoms. The zero-order valence-electron chi connectivity index (χ0n) is 23.2. The molecule has 0 amide bonds. The van der Waals surface area contributed by atoms with E-state index >= 15 is 0 Å². The van der Waals surface area contributed by atoms with Gasteiger partial charge in [0.15, 0.2) is 0 Å². The summed E-state index contributed by atoms with van der Waals surface area (Å²) in [6.07, 6.45) is -1.31. The SMILES string of the molecule is CC[C@H]1OC(=O)[C@H](C)C(=O)[C@H](C)[C@@H](C)[C@](C)(OC)C[C@@H](C)/C(=N\[I-]OCCCF)[C@H](C)[C@@H](O)[C@]1(C)O. The van der Waals surface area contributed by atoms with E-state index in [0.717, 1.165) is 0 Å². The van der Waals surface area contributed by atoms with Gasteiger partial charge in [0.2, 0.25) is 0 Å². The first-order chi connectivity index (χ1) is 16.7. The predicted molar refractivity (Wildman–Crippen MR) is 132 cm³/mol. The maximum absolute atomic E-state index is 13.3. The molecule has 0 aromatic carbocycles. The van der Waals surface area contributed by atoms with Crippen molar-refractivity contribution in [3.8, 4) is 0 Å². The Hall–Kier alpha value is -0.690. The molecule has 0 radical (unpaired) electrons. The van der Waals surface area contributed by atoms with Gasteiger partial charge in [-0.2, -0.15) is 0 Å². The molecule has 2 N–H and O–H groups in total. The molecule has 8 nitrogen and oxygen atoms in total. The van der Waals surface area contributed by atoms with Gasteiger partial charge in [-0.1, -0.05) is 0 Å². The van der Waals surface area contributed by atoms with Crippen molar-refractivity contribution in [3.05, 3.63) is 0 Å². The molecule has 0 aromatic rings. The molecule has 10 heteroatoms. The summed E-state index contributed by atoms with van der Waals surface area (Å²) in [5.74, 6) is -3.52. The van der Waals surface area contributed by atoms with E-state index < -0.39 is 75.7 Å². The van der Waals surface area contributed by atoms with Crippen LogP contribution in [-0.2, 0) is 22.1 Å². The van der Waals surface area contributed by atoms with Gasteiger partial charge >= 0.3 is 227 Å². The van der Waals surface area contributed by atoms with Gasteiger partial charge in [0, 0.05) is 0 Å². The number of nitrogens with zero attached hydrogens (tertiary/aromatic N) is 1. The minimum absolute atomic E-state index is 0.187. The quantitative estimate of drug-likeness (QED) is 0.185. The Morgan fingerprint density at radius 1 is 1.17 bits per heavy atom. The summed E-state index contributed by atoms with van der Waals surface area (Å²) in [5.41, 5.74) is -1.89. The Bertz CT molecular complexity index is 765. The summed E-state index contributed by atoms with van der Waals surface area (Å²) in [5, 5.41) is 22.7. The Labute approximate surface area is 226 Å². The van der Waals surface area contributed by atoms with Gasteiger partial charge in [-0.15, -0.1) is 0 Å². The van der Waals surface area contributed by atoms with Crippen molar-refractivity contribution >= 4 is 17.5 Å². The molecule has 0 saturated carbocycles. The number of aliphatic hydroxyl groups excluding tert-OH is 1. The molecule has 1 rings (SSSR count). The molecule has 1 aliphatic rings. The third-order valence-corrected chi connectivity index (χ3v) is 9.45. The van der Waals surface area contributed by atoms with Crippen molar-refractivity contribution in [3.63, 3.8) is 0 Å². The third-order valence-electron chi connectivity index (χ3n) is 7.98. The maximum atomic E-state index is 13.3. The number of ketones is 1. The molecule has 0 aliphatic carbocycles. The minimum atomic E-state index is -1.80. The summed E-state index contributed by atoms with van der Waals surface area (Å²) in [4.78, 5) is 26.2.